The molecule has 2 N–H and O–H groups in total. The maximum atomic E-state index is 13.2. The normalized spacial score (nSPS) is 14.3. The summed E-state index contributed by atoms with van der Waals surface area (Å²) in [5.74, 6) is -2.19. The van der Waals surface area contributed by atoms with Crippen molar-refractivity contribution >= 4 is 34.8 Å². The van der Waals surface area contributed by atoms with Gasteiger partial charge in [0.05, 0.1) is 11.1 Å². The Bertz CT molecular complexity index is 951. The Morgan fingerprint density at radius 3 is 2.67 bits per heavy atom. The number of rotatable bonds is 5. The number of hydrogen-bond acceptors (Lipinski definition) is 4. The number of nitrogens with one attached hydrogen (secondary N) is 2. The van der Waals surface area contributed by atoms with Gasteiger partial charge in [-0.15, -0.1) is 0 Å². The van der Waals surface area contributed by atoms with Gasteiger partial charge in [0, 0.05) is 31.5 Å². The van der Waals surface area contributed by atoms with E-state index in [1.807, 2.05) is 19.0 Å². The maximum absolute atomic E-state index is 13.2. The Morgan fingerprint density at radius 1 is 1.20 bits per heavy atom. The summed E-state index contributed by atoms with van der Waals surface area (Å²) in [6.07, 6.45) is 2.15. The molecular formula is C22H26ClFN4O2. The SMILES string of the molecule is CN1CCCc2cc([C@H](CNC(=O)C(=O)Nc3ccc(F)c(Cl)c3)N(C)C)ccc21. The number of fused-ring (bicyclic) bond motifs is 1. The van der Waals surface area contributed by atoms with Crippen molar-refractivity contribution in [1.29, 1.82) is 0 Å². The molecule has 2 aromatic carbocycles. The molecular weight excluding hydrogens is 407 g/mol. The van der Waals surface area contributed by atoms with E-state index in [0.29, 0.717) is 0 Å². The van der Waals surface area contributed by atoms with E-state index in [2.05, 4.69) is 40.8 Å². The van der Waals surface area contributed by atoms with Crippen LogP contribution in [0.2, 0.25) is 5.02 Å². The highest BCUT2D eigenvalue weighted by Crippen LogP contribution is 2.30. The van der Waals surface area contributed by atoms with Crippen molar-refractivity contribution in [3.8, 4) is 0 Å². The lowest BCUT2D eigenvalue weighted by Crippen LogP contribution is -2.40. The molecule has 1 aliphatic heterocycles. The zero-order chi connectivity index (χ0) is 21.8. The standard InChI is InChI=1S/C22H26ClFN4O2/c1-27(2)20(15-6-9-19-14(11-15)5-4-10-28(19)3)13-25-21(29)22(30)26-16-7-8-18(24)17(23)12-16/h6-9,11-12,20H,4-5,10,13H2,1-3H3,(H,25,29)(H,26,30)/t20-/m0/s1. The maximum Gasteiger partial charge on any atom is 0.313 e. The molecule has 0 fully saturated rings. The lowest BCUT2D eigenvalue weighted by Gasteiger charge is -2.30. The van der Waals surface area contributed by atoms with Crippen LogP contribution in [0.1, 0.15) is 23.6 Å². The van der Waals surface area contributed by atoms with Crippen molar-refractivity contribution in [1.82, 2.24) is 10.2 Å². The van der Waals surface area contributed by atoms with Crippen molar-refractivity contribution < 1.29 is 14.0 Å². The highest BCUT2D eigenvalue weighted by molar-refractivity contribution is 6.39. The largest absolute Gasteiger partial charge is 0.374 e. The van der Waals surface area contributed by atoms with Gasteiger partial charge in [-0.2, -0.15) is 0 Å². The van der Waals surface area contributed by atoms with Crippen LogP contribution in [0.4, 0.5) is 15.8 Å². The molecule has 0 unspecified atom stereocenters. The fourth-order valence-corrected chi connectivity index (χ4v) is 3.82. The average molecular weight is 433 g/mol. The Labute approximate surface area is 181 Å². The number of anilines is 2. The number of benzene rings is 2. The van der Waals surface area contributed by atoms with E-state index in [9.17, 15) is 14.0 Å². The second-order valence-electron chi connectivity index (χ2n) is 7.69. The van der Waals surface area contributed by atoms with Crippen LogP contribution in [0.15, 0.2) is 36.4 Å². The van der Waals surface area contributed by atoms with Gasteiger partial charge in [-0.25, -0.2) is 4.39 Å². The first-order chi connectivity index (χ1) is 14.3. The molecule has 160 valence electrons. The smallest absolute Gasteiger partial charge is 0.313 e. The second-order valence-corrected chi connectivity index (χ2v) is 8.09. The molecule has 30 heavy (non-hydrogen) atoms. The molecule has 1 heterocycles. The van der Waals surface area contributed by atoms with Crippen LogP contribution in [0.3, 0.4) is 0 Å². The summed E-state index contributed by atoms with van der Waals surface area (Å²) in [6, 6.07) is 10.0. The van der Waals surface area contributed by atoms with Gasteiger partial charge in [0.15, 0.2) is 0 Å². The fraction of sp³-hybridized carbons (Fsp3) is 0.364. The van der Waals surface area contributed by atoms with Gasteiger partial charge in [0.1, 0.15) is 5.82 Å². The Kier molecular flexibility index (Phi) is 6.95. The summed E-state index contributed by atoms with van der Waals surface area (Å²) in [5, 5.41) is 4.99. The van der Waals surface area contributed by atoms with E-state index in [4.69, 9.17) is 11.6 Å². The molecule has 6 nitrogen and oxygen atoms in total. The van der Waals surface area contributed by atoms with Crippen LogP contribution in [-0.4, -0.2) is 50.9 Å². The number of halogens is 2. The Morgan fingerprint density at radius 2 is 1.97 bits per heavy atom. The van der Waals surface area contributed by atoms with Gasteiger partial charge in [-0.3, -0.25) is 9.59 Å². The number of carbonyl (C=O) groups excluding carboxylic acids is 2. The Hall–Kier alpha value is -2.64. The number of aryl methyl sites for hydroxylation is 1. The lowest BCUT2D eigenvalue weighted by molar-refractivity contribution is -0.136. The molecule has 1 aliphatic rings. The van der Waals surface area contributed by atoms with Crippen molar-refractivity contribution in [2.45, 2.75) is 18.9 Å². The van der Waals surface area contributed by atoms with E-state index < -0.39 is 17.6 Å². The van der Waals surface area contributed by atoms with Crippen molar-refractivity contribution in [2.75, 3.05) is 44.4 Å². The van der Waals surface area contributed by atoms with E-state index in [-0.39, 0.29) is 23.3 Å². The molecule has 3 rings (SSSR count). The van der Waals surface area contributed by atoms with Gasteiger partial charge in [0.2, 0.25) is 0 Å². The molecule has 0 bridgehead atoms. The summed E-state index contributed by atoms with van der Waals surface area (Å²) in [5.41, 5.74) is 3.87. The minimum Gasteiger partial charge on any atom is -0.374 e. The zero-order valence-electron chi connectivity index (χ0n) is 17.3. The van der Waals surface area contributed by atoms with Gasteiger partial charge >= 0.3 is 11.8 Å². The lowest BCUT2D eigenvalue weighted by atomic mass is 9.96. The molecule has 0 aromatic heterocycles. The number of likely N-dealkylation sites (N-methyl/N-ethyl adjacent to an activating group) is 1. The summed E-state index contributed by atoms with van der Waals surface area (Å²) >= 11 is 5.71. The minimum absolute atomic E-state index is 0.0838. The number of nitrogens with zero attached hydrogens (tertiary/aromatic N) is 2. The molecule has 0 radical (unpaired) electrons. The topological polar surface area (TPSA) is 64.7 Å². The second kappa shape index (κ2) is 9.45. The van der Waals surface area contributed by atoms with Crippen LogP contribution >= 0.6 is 11.6 Å². The van der Waals surface area contributed by atoms with Crippen molar-refractivity contribution in [2.24, 2.45) is 0 Å². The first kappa shape index (κ1) is 22.1. The molecule has 8 heteroatoms. The third-order valence-corrected chi connectivity index (χ3v) is 5.59. The molecule has 2 aromatic rings. The van der Waals surface area contributed by atoms with E-state index >= 15 is 0 Å². The van der Waals surface area contributed by atoms with Gasteiger partial charge in [-0.1, -0.05) is 23.7 Å². The average Bonchev–Trinajstić information content (AvgIpc) is 2.70. The minimum atomic E-state index is -0.831. The van der Waals surface area contributed by atoms with Crippen LogP contribution in [-0.2, 0) is 16.0 Å². The number of hydrogen-bond donors (Lipinski definition) is 2. The molecule has 2 amide bonds. The summed E-state index contributed by atoms with van der Waals surface area (Å²) < 4.78 is 13.2. The molecule has 1 atom stereocenters. The fourth-order valence-electron chi connectivity index (χ4n) is 3.64. The first-order valence-electron chi connectivity index (χ1n) is 9.81. The van der Waals surface area contributed by atoms with E-state index in [1.165, 1.54) is 23.4 Å². The highest BCUT2D eigenvalue weighted by atomic mass is 35.5. The predicted octanol–water partition coefficient (Wildman–Crippen LogP) is 3.22. The van der Waals surface area contributed by atoms with Crippen LogP contribution in [0.5, 0.6) is 0 Å². The monoisotopic (exact) mass is 432 g/mol. The molecule has 0 aliphatic carbocycles. The molecule has 0 saturated carbocycles. The first-order valence-corrected chi connectivity index (χ1v) is 10.2. The van der Waals surface area contributed by atoms with E-state index in [1.54, 1.807) is 0 Å². The summed E-state index contributed by atoms with van der Waals surface area (Å²) in [7, 11) is 5.96. The van der Waals surface area contributed by atoms with Crippen molar-refractivity contribution in [3.63, 3.8) is 0 Å². The van der Waals surface area contributed by atoms with Crippen molar-refractivity contribution in [3.05, 3.63) is 58.4 Å². The third kappa shape index (κ3) is 5.09. The van der Waals surface area contributed by atoms with Crippen LogP contribution < -0.4 is 15.5 Å². The van der Waals surface area contributed by atoms with Gasteiger partial charge in [-0.05, 0) is 62.3 Å². The van der Waals surface area contributed by atoms with Gasteiger partial charge in [0.25, 0.3) is 0 Å². The summed E-state index contributed by atoms with van der Waals surface area (Å²) in [6.45, 7) is 1.33. The van der Waals surface area contributed by atoms with E-state index in [0.717, 1.165) is 31.0 Å². The van der Waals surface area contributed by atoms with Gasteiger partial charge < -0.3 is 20.4 Å². The molecule has 0 spiro atoms. The number of carbonyl (C=O) groups is 2. The summed E-state index contributed by atoms with van der Waals surface area (Å²) in [4.78, 5) is 28.7. The highest BCUT2D eigenvalue weighted by Gasteiger charge is 2.21. The predicted molar refractivity (Wildman–Crippen MR) is 118 cm³/mol. The Balaban J connectivity index is 1.65. The third-order valence-electron chi connectivity index (χ3n) is 5.30. The zero-order valence-corrected chi connectivity index (χ0v) is 18.1. The number of amides is 2. The van der Waals surface area contributed by atoms with Crippen LogP contribution in [0.25, 0.3) is 0 Å². The van der Waals surface area contributed by atoms with Crippen LogP contribution in [0, 0.1) is 5.82 Å². The molecule has 0 saturated heterocycles. The quantitative estimate of drug-likeness (QED) is 0.712.